The zero-order valence-corrected chi connectivity index (χ0v) is 19.8. The van der Waals surface area contributed by atoms with Crippen LogP contribution in [0, 0.1) is 11.7 Å². The molecule has 0 N–H and O–H groups in total. The minimum absolute atomic E-state index is 0.0195. The van der Waals surface area contributed by atoms with Crippen LogP contribution in [-0.4, -0.2) is 22.7 Å². The smallest absolute Gasteiger partial charge is 0.169 e. The number of carbonyl (C=O) groups excluding carboxylic acids is 1. The molecule has 0 amide bonds. The highest BCUT2D eigenvalue weighted by Crippen LogP contribution is 2.51. The second-order valence-corrected chi connectivity index (χ2v) is 10.2. The Morgan fingerprint density at radius 3 is 2.44 bits per heavy atom. The number of halogens is 1. The molecule has 0 spiro atoms. The fourth-order valence-corrected chi connectivity index (χ4v) is 6.43. The summed E-state index contributed by atoms with van der Waals surface area (Å²) in [6.45, 7) is 0.529. The molecule has 2 aliphatic rings. The van der Waals surface area contributed by atoms with E-state index in [-0.39, 0.29) is 30.0 Å². The van der Waals surface area contributed by atoms with E-state index in [1.165, 1.54) is 6.07 Å². The number of hydrogen-bond donors (Lipinski definition) is 0. The molecule has 0 radical (unpaired) electrons. The normalized spacial score (nSPS) is 24.2. The Kier molecular flexibility index (Phi) is 6.93. The number of ketones is 1. The van der Waals surface area contributed by atoms with Crippen LogP contribution in [0.5, 0.6) is 0 Å². The number of ether oxygens (including phenoxy) is 1. The molecule has 1 unspecified atom stereocenters. The highest BCUT2D eigenvalue weighted by atomic mass is 32.2. The first-order chi connectivity index (χ1) is 16.6. The van der Waals surface area contributed by atoms with Crippen LogP contribution in [0.4, 0.5) is 4.39 Å². The Morgan fingerprint density at radius 1 is 0.971 bits per heavy atom. The van der Waals surface area contributed by atoms with Gasteiger partial charge in [0.2, 0.25) is 0 Å². The van der Waals surface area contributed by atoms with Gasteiger partial charge in [0.1, 0.15) is 5.82 Å². The van der Waals surface area contributed by atoms with Gasteiger partial charge in [0, 0.05) is 23.3 Å². The van der Waals surface area contributed by atoms with E-state index in [1.807, 2.05) is 60.7 Å². The van der Waals surface area contributed by atoms with Crippen molar-refractivity contribution in [3.63, 3.8) is 0 Å². The van der Waals surface area contributed by atoms with Crippen LogP contribution >= 0.6 is 11.8 Å². The molecule has 0 aromatic heterocycles. The number of rotatable bonds is 7. The SMILES string of the molecule is O=C(CC1=N[C@@]2(c3ccccc3F)CC(OCc3ccccc3)CC[C@H]2CS1)c1ccccc1. The lowest BCUT2D eigenvalue weighted by atomic mass is 9.68. The second-order valence-electron chi connectivity index (χ2n) is 9.08. The number of carbonyl (C=O) groups is 1. The summed E-state index contributed by atoms with van der Waals surface area (Å²) in [5.41, 5.74) is 1.72. The van der Waals surface area contributed by atoms with Gasteiger partial charge in [-0.1, -0.05) is 78.9 Å². The fourth-order valence-electron chi connectivity index (χ4n) is 5.14. The van der Waals surface area contributed by atoms with Crippen LogP contribution in [0.1, 0.15) is 47.2 Å². The standard InChI is InChI=1S/C29H28FNO2S/c30-26-14-8-7-13-25(26)29-18-24(33-19-21-9-3-1-4-10-21)16-15-23(29)20-34-28(31-29)17-27(32)22-11-5-2-6-12-22/h1-14,23-24H,15-20H2/t23-,24?,29-/m0/s1. The lowest BCUT2D eigenvalue weighted by molar-refractivity contribution is -0.0199. The molecular formula is C29H28FNO2S. The number of Topliss-reactive ketones (excluding diaryl/α,β-unsaturated/α-hetero) is 1. The zero-order chi connectivity index (χ0) is 23.4. The van der Waals surface area contributed by atoms with Crippen molar-refractivity contribution in [3.8, 4) is 0 Å². The fraction of sp³-hybridized carbons (Fsp3) is 0.310. The monoisotopic (exact) mass is 473 g/mol. The predicted octanol–water partition coefficient (Wildman–Crippen LogP) is 6.82. The van der Waals surface area contributed by atoms with Crippen molar-refractivity contribution in [1.82, 2.24) is 0 Å². The number of thioether (sulfide) groups is 1. The van der Waals surface area contributed by atoms with E-state index in [9.17, 15) is 4.79 Å². The molecule has 1 fully saturated rings. The minimum atomic E-state index is -0.706. The van der Waals surface area contributed by atoms with Crippen molar-refractivity contribution in [1.29, 1.82) is 0 Å². The van der Waals surface area contributed by atoms with Crippen molar-refractivity contribution in [3.05, 3.63) is 107 Å². The summed E-state index contributed by atoms with van der Waals surface area (Å²) < 4.78 is 21.5. The first-order valence-electron chi connectivity index (χ1n) is 11.8. The number of fused-ring (bicyclic) bond motifs is 1. The first kappa shape index (κ1) is 23.0. The van der Waals surface area contributed by atoms with Gasteiger partial charge in [0.05, 0.1) is 29.7 Å². The minimum Gasteiger partial charge on any atom is -0.373 e. The van der Waals surface area contributed by atoms with Crippen LogP contribution in [0.2, 0.25) is 0 Å². The lowest BCUT2D eigenvalue weighted by Gasteiger charge is -2.47. The van der Waals surface area contributed by atoms with Gasteiger partial charge in [-0.2, -0.15) is 0 Å². The maximum absolute atomic E-state index is 15.2. The van der Waals surface area contributed by atoms with Crippen molar-refractivity contribution >= 4 is 22.6 Å². The number of hydrogen-bond acceptors (Lipinski definition) is 4. The topological polar surface area (TPSA) is 38.7 Å². The molecule has 0 bridgehead atoms. The van der Waals surface area contributed by atoms with Crippen molar-refractivity contribution in [2.24, 2.45) is 10.9 Å². The number of nitrogens with zero attached hydrogens (tertiary/aromatic N) is 1. The van der Waals surface area contributed by atoms with Crippen molar-refractivity contribution in [2.45, 2.75) is 43.9 Å². The molecule has 174 valence electrons. The predicted molar refractivity (Wildman–Crippen MR) is 136 cm³/mol. The molecule has 1 saturated carbocycles. The van der Waals surface area contributed by atoms with Crippen molar-refractivity contribution < 1.29 is 13.9 Å². The summed E-state index contributed by atoms with van der Waals surface area (Å²) >= 11 is 1.65. The van der Waals surface area contributed by atoms with E-state index >= 15 is 4.39 Å². The Balaban J connectivity index is 1.44. The molecule has 3 aromatic carbocycles. The Bertz CT molecular complexity index is 1170. The summed E-state index contributed by atoms with van der Waals surface area (Å²) in [7, 11) is 0. The van der Waals surface area contributed by atoms with Gasteiger partial charge in [0.25, 0.3) is 0 Å². The van der Waals surface area contributed by atoms with E-state index in [2.05, 4.69) is 12.1 Å². The highest BCUT2D eigenvalue weighted by Gasteiger charge is 2.49. The highest BCUT2D eigenvalue weighted by molar-refractivity contribution is 8.14. The third kappa shape index (κ3) is 4.86. The molecule has 3 aromatic rings. The Labute approximate surface area is 204 Å². The molecule has 0 saturated heterocycles. The maximum Gasteiger partial charge on any atom is 0.169 e. The molecule has 34 heavy (non-hydrogen) atoms. The summed E-state index contributed by atoms with van der Waals surface area (Å²) in [6.07, 6.45) is 2.70. The van der Waals surface area contributed by atoms with Crippen LogP contribution < -0.4 is 0 Å². The molecule has 5 rings (SSSR count). The molecular weight excluding hydrogens is 445 g/mol. The average Bonchev–Trinajstić information content (AvgIpc) is 2.88. The third-order valence-corrected chi connectivity index (χ3v) is 8.04. The summed E-state index contributed by atoms with van der Waals surface area (Å²) in [5, 5.41) is 0.789. The lowest BCUT2D eigenvalue weighted by Crippen LogP contribution is -2.46. The molecule has 1 aliphatic heterocycles. The van der Waals surface area contributed by atoms with Gasteiger partial charge in [-0.25, -0.2) is 4.39 Å². The van der Waals surface area contributed by atoms with E-state index < -0.39 is 5.54 Å². The van der Waals surface area contributed by atoms with E-state index in [1.54, 1.807) is 17.8 Å². The third-order valence-electron chi connectivity index (χ3n) is 6.90. The second kappa shape index (κ2) is 10.2. The van der Waals surface area contributed by atoms with Crippen LogP contribution in [0.25, 0.3) is 0 Å². The number of benzene rings is 3. The summed E-state index contributed by atoms with van der Waals surface area (Å²) in [4.78, 5) is 18.1. The zero-order valence-electron chi connectivity index (χ0n) is 19.0. The number of aliphatic imine (C=N–C) groups is 1. The van der Waals surface area contributed by atoms with Gasteiger partial charge in [-0.3, -0.25) is 9.79 Å². The van der Waals surface area contributed by atoms with Gasteiger partial charge in [-0.15, -0.1) is 11.8 Å². The Hall–Kier alpha value is -2.76. The van der Waals surface area contributed by atoms with Gasteiger partial charge < -0.3 is 4.74 Å². The van der Waals surface area contributed by atoms with Crippen molar-refractivity contribution in [2.75, 3.05) is 5.75 Å². The molecule has 5 heteroatoms. The van der Waals surface area contributed by atoms with Crippen LogP contribution in [0.15, 0.2) is 89.9 Å². The van der Waals surface area contributed by atoms with E-state index in [4.69, 9.17) is 9.73 Å². The van der Waals surface area contributed by atoms with Gasteiger partial charge in [0.15, 0.2) is 5.78 Å². The largest absolute Gasteiger partial charge is 0.373 e. The first-order valence-corrected chi connectivity index (χ1v) is 12.8. The quantitative estimate of drug-likeness (QED) is 0.353. The van der Waals surface area contributed by atoms with Crippen LogP contribution in [-0.2, 0) is 16.9 Å². The molecule has 3 nitrogen and oxygen atoms in total. The van der Waals surface area contributed by atoms with E-state index in [0.717, 1.165) is 29.2 Å². The maximum atomic E-state index is 15.2. The summed E-state index contributed by atoms with van der Waals surface area (Å²) in [5.74, 6) is 0.851. The Morgan fingerprint density at radius 2 is 1.68 bits per heavy atom. The summed E-state index contributed by atoms with van der Waals surface area (Å²) in [6, 6.07) is 26.4. The van der Waals surface area contributed by atoms with Crippen LogP contribution in [0.3, 0.4) is 0 Å². The molecule has 1 aliphatic carbocycles. The van der Waals surface area contributed by atoms with Gasteiger partial charge >= 0.3 is 0 Å². The molecule has 3 atom stereocenters. The van der Waals surface area contributed by atoms with E-state index in [0.29, 0.717) is 24.2 Å². The van der Waals surface area contributed by atoms with Gasteiger partial charge in [-0.05, 0) is 30.4 Å². The molecule has 1 heterocycles. The average molecular weight is 474 g/mol.